The largest absolute Gasteiger partial charge is 0.378 e. The predicted molar refractivity (Wildman–Crippen MR) is 72.6 cm³/mol. The molecule has 1 aliphatic carbocycles. The maximum absolute atomic E-state index is 12.4. The highest BCUT2D eigenvalue weighted by Crippen LogP contribution is 2.38. The molecule has 2 aliphatic rings. The van der Waals surface area contributed by atoms with Crippen LogP contribution >= 0.6 is 0 Å². The Morgan fingerprint density at radius 3 is 2.70 bits per heavy atom. The predicted octanol–water partition coefficient (Wildman–Crippen LogP) is 0.540. The third-order valence-corrected chi connectivity index (χ3v) is 3.89. The van der Waals surface area contributed by atoms with Crippen molar-refractivity contribution in [3.63, 3.8) is 0 Å². The van der Waals surface area contributed by atoms with Crippen molar-refractivity contribution in [1.29, 1.82) is 0 Å². The quantitative estimate of drug-likeness (QED) is 0.809. The van der Waals surface area contributed by atoms with Crippen molar-refractivity contribution in [3.05, 3.63) is 28.2 Å². The average Bonchev–Trinajstić information content (AvgIpc) is 3.32. The minimum absolute atomic E-state index is 0.0594. The van der Waals surface area contributed by atoms with Crippen molar-refractivity contribution < 1.29 is 9.53 Å². The molecule has 1 unspecified atom stereocenters. The number of hydrogen-bond donors (Lipinski definition) is 0. The second-order valence-corrected chi connectivity index (χ2v) is 5.43. The Balaban J connectivity index is 1.81. The van der Waals surface area contributed by atoms with Gasteiger partial charge in [-0.2, -0.15) is 5.10 Å². The van der Waals surface area contributed by atoms with Crippen LogP contribution in [0.2, 0.25) is 0 Å². The third-order valence-electron chi connectivity index (χ3n) is 3.89. The minimum atomic E-state index is -0.556. The van der Waals surface area contributed by atoms with Gasteiger partial charge in [-0.1, -0.05) is 0 Å². The lowest BCUT2D eigenvalue weighted by molar-refractivity contribution is -0.138. The highest BCUT2D eigenvalue weighted by molar-refractivity contribution is 5.80. The molecule has 0 aromatic carbocycles. The highest BCUT2D eigenvalue weighted by atomic mass is 16.5. The van der Waals surface area contributed by atoms with Gasteiger partial charge in [0.25, 0.3) is 5.56 Å². The molecule has 0 N–H and O–H groups in total. The van der Waals surface area contributed by atoms with Crippen molar-refractivity contribution >= 4 is 5.91 Å². The van der Waals surface area contributed by atoms with Gasteiger partial charge in [0.2, 0.25) is 5.91 Å². The van der Waals surface area contributed by atoms with E-state index in [1.54, 1.807) is 17.9 Å². The smallest absolute Gasteiger partial charge is 0.267 e. The Kier molecular flexibility index (Phi) is 3.56. The van der Waals surface area contributed by atoms with E-state index in [9.17, 15) is 9.59 Å². The van der Waals surface area contributed by atoms with Crippen LogP contribution in [0.3, 0.4) is 0 Å². The molecule has 6 heteroatoms. The fourth-order valence-corrected chi connectivity index (χ4v) is 2.47. The zero-order valence-corrected chi connectivity index (χ0v) is 11.6. The third kappa shape index (κ3) is 2.60. The molecule has 1 aromatic rings. The lowest BCUT2D eigenvalue weighted by atomic mass is 10.2. The van der Waals surface area contributed by atoms with Crippen LogP contribution in [0.1, 0.15) is 37.4 Å². The van der Waals surface area contributed by atoms with E-state index >= 15 is 0 Å². The number of nitrogens with zero attached hydrogens (tertiary/aromatic N) is 3. The van der Waals surface area contributed by atoms with Crippen LogP contribution in [0.4, 0.5) is 0 Å². The molecule has 20 heavy (non-hydrogen) atoms. The highest BCUT2D eigenvalue weighted by Gasteiger charge is 2.28. The first-order valence-electron chi connectivity index (χ1n) is 7.13. The summed E-state index contributed by atoms with van der Waals surface area (Å²) < 4.78 is 6.56. The molecule has 0 spiro atoms. The summed E-state index contributed by atoms with van der Waals surface area (Å²) in [5.41, 5.74) is 0.703. The van der Waals surface area contributed by atoms with E-state index in [2.05, 4.69) is 5.10 Å². The van der Waals surface area contributed by atoms with E-state index in [0.717, 1.165) is 18.5 Å². The van der Waals surface area contributed by atoms with Crippen LogP contribution in [-0.2, 0) is 9.53 Å². The van der Waals surface area contributed by atoms with E-state index in [4.69, 9.17) is 4.74 Å². The standard InChI is InChI=1S/C14H19N3O3/c1-10(14(19)16-6-8-20-9-7-16)17-13(18)5-4-12(15-17)11-2-3-11/h4-5,10-11H,2-3,6-9H2,1H3. The minimum Gasteiger partial charge on any atom is -0.378 e. The molecule has 1 saturated heterocycles. The van der Waals surface area contributed by atoms with Crippen LogP contribution in [0.25, 0.3) is 0 Å². The summed E-state index contributed by atoms with van der Waals surface area (Å²) in [6, 6.07) is 2.74. The maximum atomic E-state index is 12.4. The molecule has 2 fully saturated rings. The number of morpholine rings is 1. The zero-order valence-electron chi connectivity index (χ0n) is 11.6. The molecule has 1 saturated carbocycles. The van der Waals surface area contributed by atoms with Gasteiger partial charge in [0.15, 0.2) is 0 Å². The van der Waals surface area contributed by atoms with Crippen LogP contribution in [0, 0.1) is 0 Å². The molecule has 0 bridgehead atoms. The summed E-state index contributed by atoms with van der Waals surface area (Å²) in [5, 5.41) is 4.38. The molecule has 2 heterocycles. The zero-order chi connectivity index (χ0) is 14.1. The summed E-state index contributed by atoms with van der Waals surface area (Å²) in [4.78, 5) is 26.1. The fourth-order valence-electron chi connectivity index (χ4n) is 2.47. The van der Waals surface area contributed by atoms with E-state index < -0.39 is 6.04 Å². The topological polar surface area (TPSA) is 64.4 Å². The van der Waals surface area contributed by atoms with Gasteiger partial charge in [-0.05, 0) is 25.8 Å². The van der Waals surface area contributed by atoms with Crippen LogP contribution in [-0.4, -0.2) is 46.9 Å². The second-order valence-electron chi connectivity index (χ2n) is 5.43. The molecule has 1 aromatic heterocycles. The first-order chi connectivity index (χ1) is 9.66. The van der Waals surface area contributed by atoms with E-state index in [0.29, 0.717) is 32.2 Å². The van der Waals surface area contributed by atoms with Gasteiger partial charge in [-0.25, -0.2) is 4.68 Å². The molecule has 0 radical (unpaired) electrons. The number of hydrogen-bond acceptors (Lipinski definition) is 4. The Morgan fingerprint density at radius 1 is 1.35 bits per heavy atom. The number of aromatic nitrogens is 2. The fraction of sp³-hybridized carbons (Fsp3) is 0.643. The summed E-state index contributed by atoms with van der Waals surface area (Å²) in [5.74, 6) is 0.406. The van der Waals surface area contributed by atoms with Crippen LogP contribution in [0.15, 0.2) is 16.9 Å². The Bertz CT molecular complexity index is 559. The van der Waals surface area contributed by atoms with Crippen molar-refractivity contribution in [3.8, 4) is 0 Å². The number of carbonyl (C=O) groups excluding carboxylic acids is 1. The normalized spacial score (nSPS) is 20.8. The van der Waals surface area contributed by atoms with Gasteiger partial charge < -0.3 is 9.64 Å². The number of amides is 1. The van der Waals surface area contributed by atoms with Gasteiger partial charge in [0.1, 0.15) is 6.04 Å². The van der Waals surface area contributed by atoms with Gasteiger partial charge in [-0.15, -0.1) is 0 Å². The summed E-state index contributed by atoms with van der Waals surface area (Å²) in [6.45, 7) is 4.02. The van der Waals surface area contributed by atoms with Gasteiger partial charge in [0.05, 0.1) is 18.9 Å². The first kappa shape index (κ1) is 13.3. The Labute approximate surface area is 117 Å². The number of carbonyl (C=O) groups is 1. The molecular formula is C14H19N3O3. The molecule has 108 valence electrons. The van der Waals surface area contributed by atoms with Gasteiger partial charge in [0, 0.05) is 25.1 Å². The van der Waals surface area contributed by atoms with Crippen LogP contribution in [0.5, 0.6) is 0 Å². The lowest BCUT2D eigenvalue weighted by Crippen LogP contribution is -2.45. The Hall–Kier alpha value is -1.69. The summed E-state index contributed by atoms with van der Waals surface area (Å²) in [6.07, 6.45) is 2.24. The molecule has 1 atom stereocenters. The molecule has 1 aliphatic heterocycles. The summed E-state index contributed by atoms with van der Waals surface area (Å²) in [7, 11) is 0. The monoisotopic (exact) mass is 277 g/mol. The summed E-state index contributed by atoms with van der Waals surface area (Å²) >= 11 is 0. The molecule has 1 amide bonds. The maximum Gasteiger partial charge on any atom is 0.267 e. The van der Waals surface area contributed by atoms with Crippen LogP contribution < -0.4 is 5.56 Å². The molecule has 6 nitrogen and oxygen atoms in total. The van der Waals surface area contributed by atoms with E-state index in [-0.39, 0.29) is 11.5 Å². The van der Waals surface area contributed by atoms with Crippen molar-refractivity contribution in [2.75, 3.05) is 26.3 Å². The average molecular weight is 277 g/mol. The first-order valence-corrected chi connectivity index (χ1v) is 7.13. The Morgan fingerprint density at radius 2 is 2.05 bits per heavy atom. The van der Waals surface area contributed by atoms with Crippen molar-refractivity contribution in [2.24, 2.45) is 0 Å². The van der Waals surface area contributed by atoms with E-state index in [1.807, 2.05) is 0 Å². The van der Waals surface area contributed by atoms with Crippen molar-refractivity contribution in [1.82, 2.24) is 14.7 Å². The SMILES string of the molecule is CC(C(=O)N1CCOCC1)n1nc(C2CC2)ccc1=O. The number of ether oxygens (including phenoxy) is 1. The number of rotatable bonds is 3. The van der Waals surface area contributed by atoms with Gasteiger partial charge in [-0.3, -0.25) is 9.59 Å². The van der Waals surface area contributed by atoms with E-state index in [1.165, 1.54) is 10.7 Å². The molecule has 3 rings (SSSR count). The second kappa shape index (κ2) is 5.36. The molecular weight excluding hydrogens is 258 g/mol. The van der Waals surface area contributed by atoms with Crippen molar-refractivity contribution in [2.45, 2.75) is 31.7 Å². The van der Waals surface area contributed by atoms with Gasteiger partial charge >= 0.3 is 0 Å². The lowest BCUT2D eigenvalue weighted by Gasteiger charge is -2.29.